The summed E-state index contributed by atoms with van der Waals surface area (Å²) in [6, 6.07) is 10.8. The van der Waals surface area contributed by atoms with Gasteiger partial charge in [0, 0.05) is 14.3 Å². The monoisotopic (exact) mass is 320 g/mol. The Morgan fingerprint density at radius 2 is 2.10 bits per heavy atom. The van der Waals surface area contributed by atoms with Gasteiger partial charge in [0.05, 0.1) is 12.0 Å². The average molecular weight is 321 g/mol. The van der Waals surface area contributed by atoms with E-state index in [1.165, 1.54) is 25.4 Å². The minimum Gasteiger partial charge on any atom is -0.493 e. The third kappa shape index (κ3) is 2.14. The minimum absolute atomic E-state index is 0.0631. The van der Waals surface area contributed by atoms with Crippen LogP contribution in [0.15, 0.2) is 35.7 Å². The highest BCUT2D eigenvalue weighted by atomic mass is 35.5. The summed E-state index contributed by atoms with van der Waals surface area (Å²) in [7, 11) is 0. The van der Waals surface area contributed by atoms with Crippen LogP contribution in [0.3, 0.4) is 0 Å². The lowest BCUT2D eigenvalue weighted by atomic mass is 10.0. The molecule has 0 bridgehead atoms. The molecule has 4 heteroatoms. The van der Waals surface area contributed by atoms with Crippen molar-refractivity contribution >= 4 is 43.7 Å². The molecule has 102 valence electrons. The SMILES string of the molecule is ClC(c1ccc2c(c1)CCCO2)c1cc2sccc2s1. The highest BCUT2D eigenvalue weighted by molar-refractivity contribution is 7.27. The van der Waals surface area contributed by atoms with Crippen LogP contribution < -0.4 is 4.74 Å². The molecular formula is C16H13ClOS2. The van der Waals surface area contributed by atoms with Crippen LogP contribution >= 0.6 is 34.3 Å². The molecule has 0 fully saturated rings. The van der Waals surface area contributed by atoms with Crippen LogP contribution in [-0.4, -0.2) is 6.61 Å². The zero-order valence-corrected chi connectivity index (χ0v) is 13.2. The molecule has 1 atom stereocenters. The largest absolute Gasteiger partial charge is 0.493 e. The predicted molar refractivity (Wildman–Crippen MR) is 87.7 cm³/mol. The molecule has 0 saturated heterocycles. The first-order chi connectivity index (χ1) is 9.81. The quantitative estimate of drug-likeness (QED) is 0.557. The van der Waals surface area contributed by atoms with Gasteiger partial charge in [-0.3, -0.25) is 0 Å². The second kappa shape index (κ2) is 5.06. The van der Waals surface area contributed by atoms with Crippen molar-refractivity contribution < 1.29 is 4.74 Å². The van der Waals surface area contributed by atoms with Crippen molar-refractivity contribution in [3.05, 3.63) is 51.7 Å². The summed E-state index contributed by atoms with van der Waals surface area (Å²) in [5, 5.41) is 2.07. The minimum atomic E-state index is -0.0631. The molecular weight excluding hydrogens is 308 g/mol. The van der Waals surface area contributed by atoms with Gasteiger partial charge < -0.3 is 4.74 Å². The summed E-state index contributed by atoms with van der Waals surface area (Å²) in [6.45, 7) is 0.831. The zero-order valence-electron chi connectivity index (χ0n) is 10.8. The fourth-order valence-corrected chi connectivity index (χ4v) is 5.07. The van der Waals surface area contributed by atoms with E-state index in [0.29, 0.717) is 0 Å². The van der Waals surface area contributed by atoms with Crippen molar-refractivity contribution in [1.82, 2.24) is 0 Å². The second-order valence-electron chi connectivity index (χ2n) is 4.98. The number of ether oxygens (including phenoxy) is 1. The summed E-state index contributed by atoms with van der Waals surface area (Å²) in [6.07, 6.45) is 2.18. The van der Waals surface area contributed by atoms with Gasteiger partial charge >= 0.3 is 0 Å². The molecule has 1 aromatic carbocycles. The summed E-state index contributed by atoms with van der Waals surface area (Å²) < 4.78 is 8.32. The van der Waals surface area contributed by atoms with Crippen molar-refractivity contribution in [3.8, 4) is 5.75 Å². The molecule has 0 aliphatic carbocycles. The first kappa shape index (κ1) is 12.7. The maximum atomic E-state index is 6.68. The van der Waals surface area contributed by atoms with Crippen LogP contribution in [0, 0.1) is 0 Å². The lowest BCUT2D eigenvalue weighted by Crippen LogP contribution is -2.08. The number of alkyl halides is 1. The third-order valence-electron chi connectivity index (χ3n) is 3.63. The Kier molecular flexibility index (Phi) is 3.21. The van der Waals surface area contributed by atoms with Gasteiger partial charge in [-0.05, 0) is 47.5 Å². The Balaban J connectivity index is 1.70. The van der Waals surface area contributed by atoms with Gasteiger partial charge in [0.15, 0.2) is 0 Å². The van der Waals surface area contributed by atoms with Crippen LogP contribution in [0.25, 0.3) is 9.40 Å². The van der Waals surface area contributed by atoms with Gasteiger partial charge in [-0.1, -0.05) is 12.1 Å². The van der Waals surface area contributed by atoms with E-state index < -0.39 is 0 Å². The van der Waals surface area contributed by atoms with Crippen LogP contribution in [-0.2, 0) is 6.42 Å². The molecule has 0 saturated carbocycles. The standard InChI is InChI=1S/C16H13ClOS2/c17-16(15-9-14-13(20-15)5-7-19-14)11-3-4-12-10(8-11)2-1-6-18-12/h3-5,7-9,16H,1-2,6H2. The van der Waals surface area contributed by atoms with Gasteiger partial charge in [-0.2, -0.15) is 0 Å². The van der Waals surface area contributed by atoms with Crippen LogP contribution in [0.5, 0.6) is 5.75 Å². The molecule has 1 unspecified atom stereocenters. The van der Waals surface area contributed by atoms with Crippen molar-refractivity contribution in [3.63, 3.8) is 0 Å². The summed E-state index contributed by atoms with van der Waals surface area (Å²) >= 11 is 10.2. The topological polar surface area (TPSA) is 9.23 Å². The van der Waals surface area contributed by atoms with Crippen LogP contribution in [0.1, 0.15) is 27.8 Å². The van der Waals surface area contributed by atoms with Crippen molar-refractivity contribution in [2.45, 2.75) is 18.2 Å². The summed E-state index contributed by atoms with van der Waals surface area (Å²) in [5.41, 5.74) is 2.46. The number of hydrogen-bond acceptors (Lipinski definition) is 3. The predicted octanol–water partition coefficient (Wildman–Crippen LogP) is 5.62. The Labute approximate surface area is 130 Å². The van der Waals surface area contributed by atoms with E-state index >= 15 is 0 Å². The fraction of sp³-hybridized carbons (Fsp3) is 0.250. The third-order valence-corrected chi connectivity index (χ3v) is 6.41. The Morgan fingerprint density at radius 1 is 1.15 bits per heavy atom. The highest BCUT2D eigenvalue weighted by Gasteiger charge is 2.18. The molecule has 1 aliphatic rings. The number of hydrogen-bond donors (Lipinski definition) is 0. The van der Waals surface area contributed by atoms with Crippen LogP contribution in [0.4, 0.5) is 0 Å². The number of thiophene rings is 2. The van der Waals surface area contributed by atoms with Crippen LogP contribution in [0.2, 0.25) is 0 Å². The normalized spacial score (nSPS) is 15.8. The van der Waals surface area contributed by atoms with E-state index in [0.717, 1.165) is 25.2 Å². The summed E-state index contributed by atoms with van der Waals surface area (Å²) in [5.74, 6) is 1.02. The number of halogens is 1. The number of fused-ring (bicyclic) bond motifs is 2. The first-order valence-corrected chi connectivity index (χ1v) is 8.81. The van der Waals surface area contributed by atoms with E-state index in [4.69, 9.17) is 16.3 Å². The van der Waals surface area contributed by atoms with Crippen molar-refractivity contribution in [2.75, 3.05) is 6.61 Å². The van der Waals surface area contributed by atoms with E-state index in [9.17, 15) is 0 Å². The van der Waals surface area contributed by atoms with Crippen molar-refractivity contribution in [1.29, 1.82) is 0 Å². The van der Waals surface area contributed by atoms with E-state index in [1.807, 2.05) is 0 Å². The maximum Gasteiger partial charge on any atom is 0.122 e. The lowest BCUT2D eigenvalue weighted by molar-refractivity contribution is 0.288. The van der Waals surface area contributed by atoms with Gasteiger partial charge in [-0.25, -0.2) is 0 Å². The summed E-state index contributed by atoms with van der Waals surface area (Å²) in [4.78, 5) is 1.23. The molecule has 0 N–H and O–H groups in total. The second-order valence-corrected chi connectivity index (χ2v) is 7.48. The molecule has 1 aliphatic heterocycles. The van der Waals surface area contributed by atoms with Gasteiger partial charge in [-0.15, -0.1) is 34.3 Å². The Hall–Kier alpha value is -1.03. The number of rotatable bonds is 2. The Morgan fingerprint density at radius 3 is 3.00 bits per heavy atom. The van der Waals surface area contributed by atoms with Gasteiger partial charge in [0.25, 0.3) is 0 Å². The Bertz CT molecular complexity index is 730. The number of benzene rings is 1. The average Bonchev–Trinajstić information content (AvgIpc) is 3.07. The van der Waals surface area contributed by atoms with Crippen molar-refractivity contribution in [2.24, 2.45) is 0 Å². The first-order valence-electron chi connectivity index (χ1n) is 6.68. The smallest absolute Gasteiger partial charge is 0.122 e. The van der Waals surface area contributed by atoms with Gasteiger partial charge in [0.2, 0.25) is 0 Å². The van der Waals surface area contributed by atoms with E-state index in [1.54, 1.807) is 22.7 Å². The molecule has 3 heterocycles. The molecule has 0 radical (unpaired) electrons. The molecule has 4 rings (SSSR count). The zero-order chi connectivity index (χ0) is 13.5. The fourth-order valence-electron chi connectivity index (χ4n) is 2.61. The molecule has 1 nitrogen and oxygen atoms in total. The molecule has 0 amide bonds. The van der Waals surface area contributed by atoms with E-state index in [-0.39, 0.29) is 5.38 Å². The lowest BCUT2D eigenvalue weighted by Gasteiger charge is -2.19. The highest BCUT2D eigenvalue weighted by Crippen LogP contribution is 2.40. The molecule has 3 aromatic rings. The molecule has 20 heavy (non-hydrogen) atoms. The molecule has 0 spiro atoms. The molecule has 2 aromatic heterocycles. The maximum absolute atomic E-state index is 6.68. The van der Waals surface area contributed by atoms with Gasteiger partial charge in [0.1, 0.15) is 5.75 Å². The van der Waals surface area contributed by atoms with E-state index in [2.05, 4.69) is 35.7 Å². The number of aryl methyl sites for hydroxylation is 1.